The molecule has 0 aliphatic carbocycles. The molecule has 0 fully saturated rings. The molecule has 0 N–H and O–H groups in total. The molecule has 0 bridgehead atoms. The van der Waals surface area contributed by atoms with E-state index < -0.39 is 0 Å². The summed E-state index contributed by atoms with van der Waals surface area (Å²) in [5.74, 6) is 0. The Labute approximate surface area is 388 Å². The van der Waals surface area contributed by atoms with Gasteiger partial charge in [0.25, 0.3) is 0 Å². The van der Waals surface area contributed by atoms with Gasteiger partial charge >= 0.3 is 0 Å². The van der Waals surface area contributed by atoms with Crippen LogP contribution in [0.3, 0.4) is 0 Å². The number of rotatable bonds is 6. The maximum Gasteiger partial charge on any atom is 0.0306 e. The van der Waals surface area contributed by atoms with E-state index in [9.17, 15) is 0 Å². The third kappa shape index (κ3) is 8.80. The molecular formula is C60H45IrN3. The fourth-order valence-corrected chi connectivity index (χ4v) is 8.98. The third-order valence-corrected chi connectivity index (χ3v) is 11.9. The van der Waals surface area contributed by atoms with Crippen LogP contribution in [0.25, 0.3) is 82.4 Å². The van der Waals surface area contributed by atoms with Gasteiger partial charge in [-0.3, -0.25) is 15.0 Å². The van der Waals surface area contributed by atoms with Crippen molar-refractivity contribution in [1.82, 2.24) is 0 Å². The van der Waals surface area contributed by atoms with Crippen LogP contribution >= 0.6 is 0 Å². The number of aliphatic imine (C=N–C) groups is 3. The van der Waals surface area contributed by atoms with Crippen LogP contribution < -0.4 is 0 Å². The Bertz CT molecular complexity index is 2920. The SMILES string of the molecule is C1=NC=C(c2cccc3cccc(-c4ccccc4)c23)C1.C1=NC=C(c2cccc3cccc(-c4ccccc4)c23)C1.C1=NC=C(c2cccc3cccc(-c4ccccc4)c23)C1.[Ir]. The smallest absolute Gasteiger partial charge is 0.0306 e. The van der Waals surface area contributed by atoms with Crippen molar-refractivity contribution in [3.8, 4) is 33.4 Å². The number of benzene rings is 9. The Morgan fingerprint density at radius 1 is 0.250 bits per heavy atom. The second-order valence-corrected chi connectivity index (χ2v) is 15.8. The molecule has 0 saturated heterocycles. The maximum atomic E-state index is 4.26. The first kappa shape index (κ1) is 42.0. The Balaban J connectivity index is 0.000000121. The molecule has 3 aliphatic rings. The summed E-state index contributed by atoms with van der Waals surface area (Å²) in [5, 5.41) is 7.80. The number of fused-ring (bicyclic) bond motifs is 3. The topological polar surface area (TPSA) is 37.1 Å². The molecule has 3 aliphatic heterocycles. The molecule has 0 aromatic heterocycles. The van der Waals surface area contributed by atoms with E-state index in [4.69, 9.17) is 0 Å². The van der Waals surface area contributed by atoms with Crippen LogP contribution in [-0.2, 0) is 20.1 Å². The van der Waals surface area contributed by atoms with E-state index in [1.54, 1.807) is 0 Å². The molecule has 9 aromatic carbocycles. The van der Waals surface area contributed by atoms with E-state index in [-0.39, 0.29) is 20.1 Å². The molecule has 3 nitrogen and oxygen atoms in total. The van der Waals surface area contributed by atoms with Crippen LogP contribution in [0.1, 0.15) is 36.0 Å². The average molecular weight is 1000 g/mol. The number of hydrogen-bond acceptors (Lipinski definition) is 3. The molecule has 4 heteroatoms. The van der Waals surface area contributed by atoms with Crippen molar-refractivity contribution >= 4 is 67.7 Å². The van der Waals surface area contributed by atoms with Crippen LogP contribution in [-0.4, -0.2) is 18.6 Å². The molecule has 309 valence electrons. The quantitative estimate of drug-likeness (QED) is 0.159. The van der Waals surface area contributed by atoms with Crippen LogP contribution in [0.15, 0.2) is 234 Å². The van der Waals surface area contributed by atoms with E-state index >= 15 is 0 Å². The molecule has 0 spiro atoms. The van der Waals surface area contributed by atoms with E-state index in [2.05, 4.69) is 215 Å². The van der Waals surface area contributed by atoms with Crippen molar-refractivity contribution in [2.24, 2.45) is 15.0 Å². The van der Waals surface area contributed by atoms with Crippen molar-refractivity contribution in [3.05, 3.63) is 235 Å². The minimum absolute atomic E-state index is 0. The molecule has 64 heavy (non-hydrogen) atoms. The second kappa shape index (κ2) is 19.8. The zero-order chi connectivity index (χ0) is 42.2. The summed E-state index contributed by atoms with van der Waals surface area (Å²) >= 11 is 0. The van der Waals surface area contributed by atoms with Gasteiger partial charge in [-0.2, -0.15) is 0 Å². The molecule has 0 unspecified atom stereocenters. The van der Waals surface area contributed by atoms with Crippen LogP contribution in [0.5, 0.6) is 0 Å². The van der Waals surface area contributed by atoms with Gasteiger partial charge in [-0.15, -0.1) is 0 Å². The van der Waals surface area contributed by atoms with Gasteiger partial charge in [-0.1, -0.05) is 200 Å². The summed E-state index contributed by atoms with van der Waals surface area (Å²) in [7, 11) is 0. The van der Waals surface area contributed by atoms with Gasteiger partial charge in [0, 0.05) is 76.6 Å². The van der Waals surface area contributed by atoms with Crippen molar-refractivity contribution < 1.29 is 20.1 Å². The summed E-state index contributed by atoms with van der Waals surface area (Å²) in [4.78, 5) is 12.8. The standard InChI is InChI=1S/3C20H15N.Ir/c3*1-2-6-15(7-3-1)18-10-4-8-16-9-5-11-19(20(16)18)17-12-13-21-14-17;/h3*1-11,13-14H,12H2;. The Morgan fingerprint density at radius 3 is 0.734 bits per heavy atom. The fourth-order valence-electron chi connectivity index (χ4n) is 8.98. The summed E-state index contributed by atoms with van der Waals surface area (Å²) < 4.78 is 0. The van der Waals surface area contributed by atoms with E-state index in [0.717, 1.165) is 19.3 Å². The summed E-state index contributed by atoms with van der Waals surface area (Å²) in [6.07, 6.45) is 14.6. The normalized spacial score (nSPS) is 13.4. The van der Waals surface area contributed by atoms with Crippen molar-refractivity contribution in [2.45, 2.75) is 19.3 Å². The first-order chi connectivity index (χ1) is 31.3. The Hall–Kier alpha value is -7.36. The first-order valence-electron chi connectivity index (χ1n) is 21.6. The van der Waals surface area contributed by atoms with Crippen molar-refractivity contribution in [1.29, 1.82) is 0 Å². The van der Waals surface area contributed by atoms with Gasteiger partial charge in [0.15, 0.2) is 0 Å². The van der Waals surface area contributed by atoms with E-state index in [1.807, 2.05) is 37.2 Å². The van der Waals surface area contributed by atoms with Crippen LogP contribution in [0, 0.1) is 0 Å². The minimum atomic E-state index is 0. The Kier molecular flexibility index (Phi) is 13.0. The fraction of sp³-hybridized carbons (Fsp3) is 0.0500. The summed E-state index contributed by atoms with van der Waals surface area (Å²) in [5.41, 5.74) is 15.4. The molecule has 0 atom stereocenters. The molecule has 1 radical (unpaired) electrons. The largest absolute Gasteiger partial charge is 0.268 e. The van der Waals surface area contributed by atoms with Gasteiger partial charge in [-0.25, -0.2) is 0 Å². The molecule has 12 rings (SSSR count). The monoisotopic (exact) mass is 1000 g/mol. The predicted octanol–water partition coefficient (Wildman–Crippen LogP) is 16.0. The number of allylic oxidation sites excluding steroid dienone is 3. The predicted molar refractivity (Wildman–Crippen MR) is 271 cm³/mol. The van der Waals surface area contributed by atoms with Crippen LogP contribution in [0.4, 0.5) is 0 Å². The molecule has 0 saturated carbocycles. The van der Waals surface area contributed by atoms with Gasteiger partial charge in [0.05, 0.1) is 0 Å². The average Bonchev–Trinajstić information content (AvgIpc) is 4.21. The number of nitrogens with zero attached hydrogens (tertiary/aromatic N) is 3. The molecule has 9 aromatic rings. The second-order valence-electron chi connectivity index (χ2n) is 15.8. The van der Waals surface area contributed by atoms with Gasteiger partial charge in [0.2, 0.25) is 0 Å². The van der Waals surface area contributed by atoms with E-state index in [0.29, 0.717) is 0 Å². The Morgan fingerprint density at radius 2 is 0.500 bits per heavy atom. The van der Waals surface area contributed by atoms with Gasteiger partial charge < -0.3 is 0 Å². The zero-order valence-corrected chi connectivity index (χ0v) is 37.7. The molecular weight excluding hydrogens is 955 g/mol. The zero-order valence-electron chi connectivity index (χ0n) is 35.3. The molecule has 0 amide bonds. The third-order valence-electron chi connectivity index (χ3n) is 11.9. The van der Waals surface area contributed by atoms with Crippen molar-refractivity contribution in [3.63, 3.8) is 0 Å². The summed E-state index contributed by atoms with van der Waals surface area (Å²) in [6.45, 7) is 0. The van der Waals surface area contributed by atoms with Crippen LogP contribution in [0.2, 0.25) is 0 Å². The number of hydrogen-bond donors (Lipinski definition) is 0. The first-order valence-corrected chi connectivity index (χ1v) is 21.6. The van der Waals surface area contributed by atoms with Crippen molar-refractivity contribution in [2.75, 3.05) is 0 Å². The minimum Gasteiger partial charge on any atom is -0.268 e. The van der Waals surface area contributed by atoms with Gasteiger partial charge in [0.1, 0.15) is 0 Å². The van der Waals surface area contributed by atoms with E-state index in [1.165, 1.54) is 99.1 Å². The maximum absolute atomic E-state index is 4.26. The van der Waals surface area contributed by atoms with Gasteiger partial charge in [-0.05, 0) is 99.1 Å². The summed E-state index contributed by atoms with van der Waals surface area (Å²) in [6, 6.07) is 70.9. The molecule has 3 heterocycles.